The van der Waals surface area contributed by atoms with Crippen molar-refractivity contribution in [2.45, 2.75) is 0 Å². The lowest BCUT2D eigenvalue weighted by Crippen LogP contribution is -1.98. The molecule has 2 aromatic rings. The highest BCUT2D eigenvalue weighted by atomic mass is 13.9. The van der Waals surface area contributed by atoms with Gasteiger partial charge in [-0.2, -0.15) is 0 Å². The Balaban J connectivity index is 2.97. The van der Waals surface area contributed by atoms with Crippen LogP contribution in [0.15, 0.2) is 36.4 Å². The first kappa shape index (κ1) is 7.11. The van der Waals surface area contributed by atoms with E-state index in [9.17, 15) is 0 Å². The highest BCUT2D eigenvalue weighted by molar-refractivity contribution is 5.82. The van der Waals surface area contributed by atoms with Crippen LogP contribution in [0, 0.1) is 0 Å². The van der Waals surface area contributed by atoms with Crippen molar-refractivity contribution in [1.29, 1.82) is 0 Å². The van der Waals surface area contributed by atoms with Gasteiger partial charge < -0.3 is 0 Å². The molecule has 0 heteroatoms. The maximum atomic E-state index is 3.88. The lowest BCUT2D eigenvalue weighted by molar-refractivity contribution is 1.65. The summed E-state index contributed by atoms with van der Waals surface area (Å²) in [7, 11) is 0. The maximum Gasteiger partial charge on any atom is -0.0178 e. The average molecular weight is 154 g/mol. The van der Waals surface area contributed by atoms with Gasteiger partial charge in [-0.05, 0) is 33.3 Å². The summed E-state index contributed by atoms with van der Waals surface area (Å²) >= 11 is 0. The second kappa shape index (κ2) is 2.49. The molecule has 2 aromatic carbocycles. The van der Waals surface area contributed by atoms with Crippen LogP contribution in [0.5, 0.6) is 0 Å². The van der Waals surface area contributed by atoms with E-state index in [0.717, 1.165) is 10.4 Å². The topological polar surface area (TPSA) is 0 Å². The minimum Gasteiger partial charge on any atom is -0.0917 e. The molecule has 0 spiro atoms. The molecule has 0 aromatic heterocycles. The van der Waals surface area contributed by atoms with Crippen molar-refractivity contribution in [1.82, 2.24) is 0 Å². The lowest BCUT2D eigenvalue weighted by Gasteiger charge is -1.95. The van der Waals surface area contributed by atoms with Gasteiger partial charge in [0.2, 0.25) is 0 Å². The minimum atomic E-state index is 1.05. The van der Waals surface area contributed by atoms with E-state index < -0.39 is 0 Å². The first-order valence-corrected chi connectivity index (χ1v) is 3.93. The Kier molecular flexibility index (Phi) is 1.47. The van der Waals surface area contributed by atoms with E-state index in [-0.39, 0.29) is 0 Å². The van der Waals surface area contributed by atoms with Crippen molar-refractivity contribution >= 4 is 23.9 Å². The second-order valence-corrected chi connectivity index (χ2v) is 3.02. The smallest absolute Gasteiger partial charge is 0.0178 e. The molecular formula is C12H10. The number of hydrogen-bond acceptors (Lipinski definition) is 0. The van der Waals surface area contributed by atoms with Crippen molar-refractivity contribution in [3.8, 4) is 0 Å². The second-order valence-electron chi connectivity index (χ2n) is 3.02. The molecule has 0 aliphatic carbocycles. The van der Waals surface area contributed by atoms with Gasteiger partial charge in [-0.3, -0.25) is 0 Å². The van der Waals surface area contributed by atoms with Crippen molar-refractivity contribution in [3.63, 3.8) is 0 Å². The standard InChI is InChI=1S/C12H10/c1-9-3-5-12-8-10(2)4-6-11(12)7-9/h3-8H,1-2H2. The molecule has 0 N–H and O–H groups in total. The molecule has 58 valence electrons. The molecule has 2 rings (SSSR count). The fourth-order valence-electron chi connectivity index (χ4n) is 1.34. The van der Waals surface area contributed by atoms with Gasteiger partial charge in [-0.15, -0.1) is 0 Å². The van der Waals surface area contributed by atoms with Gasteiger partial charge in [0.05, 0.1) is 0 Å². The summed E-state index contributed by atoms with van der Waals surface area (Å²) in [6.45, 7) is 7.75. The molecule has 0 fully saturated rings. The van der Waals surface area contributed by atoms with Crippen molar-refractivity contribution in [3.05, 3.63) is 46.8 Å². The summed E-state index contributed by atoms with van der Waals surface area (Å²) in [6.07, 6.45) is 0. The zero-order chi connectivity index (χ0) is 8.55. The van der Waals surface area contributed by atoms with E-state index in [4.69, 9.17) is 0 Å². The number of benzene rings is 2. The van der Waals surface area contributed by atoms with Crippen LogP contribution in [-0.2, 0) is 0 Å². The number of fused-ring (bicyclic) bond motifs is 1. The van der Waals surface area contributed by atoms with Crippen LogP contribution in [0.25, 0.3) is 23.9 Å². The Morgan fingerprint density at radius 1 is 0.667 bits per heavy atom. The fourth-order valence-corrected chi connectivity index (χ4v) is 1.34. The van der Waals surface area contributed by atoms with Crippen LogP contribution in [-0.4, -0.2) is 0 Å². The monoisotopic (exact) mass is 154 g/mol. The van der Waals surface area contributed by atoms with E-state index in [2.05, 4.69) is 37.4 Å². The van der Waals surface area contributed by atoms with E-state index >= 15 is 0 Å². The molecule has 0 aliphatic heterocycles. The van der Waals surface area contributed by atoms with Crippen molar-refractivity contribution in [2.75, 3.05) is 0 Å². The SMILES string of the molecule is C=c1ccc2cc(=C)ccc2c1. The molecule has 0 nitrogen and oxygen atoms in total. The normalized spacial score (nSPS) is 10.3. The Morgan fingerprint density at radius 3 is 1.50 bits per heavy atom. The summed E-state index contributed by atoms with van der Waals surface area (Å²) in [6, 6.07) is 12.3. The average Bonchev–Trinajstić information content (AvgIpc) is 2.05. The van der Waals surface area contributed by atoms with Crippen LogP contribution in [0.3, 0.4) is 0 Å². The Bertz CT molecular complexity index is 460. The molecule has 0 radical (unpaired) electrons. The zero-order valence-electron chi connectivity index (χ0n) is 6.88. The molecule has 0 heterocycles. The van der Waals surface area contributed by atoms with Crippen LogP contribution in [0.2, 0.25) is 0 Å². The zero-order valence-corrected chi connectivity index (χ0v) is 6.88. The number of rotatable bonds is 0. The first-order chi connectivity index (χ1) is 5.75. The quantitative estimate of drug-likeness (QED) is 0.541. The van der Waals surface area contributed by atoms with Crippen LogP contribution in [0.1, 0.15) is 0 Å². The first-order valence-electron chi connectivity index (χ1n) is 3.93. The third kappa shape index (κ3) is 1.12. The summed E-state index contributed by atoms with van der Waals surface area (Å²) in [5, 5.41) is 4.57. The maximum absolute atomic E-state index is 3.88. The van der Waals surface area contributed by atoms with E-state index in [1.807, 2.05) is 12.1 Å². The summed E-state index contributed by atoms with van der Waals surface area (Å²) in [5.74, 6) is 0. The molecule has 0 saturated heterocycles. The lowest BCUT2D eigenvalue weighted by atomic mass is 10.1. The van der Waals surface area contributed by atoms with Gasteiger partial charge in [0.25, 0.3) is 0 Å². The molecule has 0 amide bonds. The van der Waals surface area contributed by atoms with Gasteiger partial charge in [0.15, 0.2) is 0 Å². The Morgan fingerprint density at radius 2 is 1.08 bits per heavy atom. The molecule has 12 heavy (non-hydrogen) atoms. The van der Waals surface area contributed by atoms with E-state index in [1.165, 1.54) is 10.8 Å². The van der Waals surface area contributed by atoms with Crippen LogP contribution < -0.4 is 10.4 Å². The van der Waals surface area contributed by atoms with Crippen molar-refractivity contribution < 1.29 is 0 Å². The molecule has 0 atom stereocenters. The highest BCUT2D eigenvalue weighted by Crippen LogP contribution is 2.06. The largest absolute Gasteiger partial charge is 0.0917 e. The third-order valence-electron chi connectivity index (χ3n) is 1.97. The van der Waals surface area contributed by atoms with E-state index in [0.29, 0.717) is 0 Å². The molecule has 0 bridgehead atoms. The van der Waals surface area contributed by atoms with Gasteiger partial charge in [0.1, 0.15) is 0 Å². The van der Waals surface area contributed by atoms with Gasteiger partial charge in [0, 0.05) is 0 Å². The van der Waals surface area contributed by atoms with Gasteiger partial charge in [-0.1, -0.05) is 37.4 Å². The summed E-state index contributed by atoms with van der Waals surface area (Å²) in [5.41, 5.74) is 0. The van der Waals surface area contributed by atoms with Crippen LogP contribution in [0.4, 0.5) is 0 Å². The van der Waals surface area contributed by atoms with Crippen molar-refractivity contribution in [2.24, 2.45) is 0 Å². The predicted molar refractivity (Wildman–Crippen MR) is 54.2 cm³/mol. The predicted octanol–water partition coefficient (Wildman–Crippen LogP) is 1.66. The van der Waals surface area contributed by atoms with E-state index in [1.54, 1.807) is 0 Å². The summed E-state index contributed by atoms with van der Waals surface area (Å²) < 4.78 is 0. The Labute approximate surface area is 71.5 Å². The third-order valence-corrected chi connectivity index (χ3v) is 1.97. The molecular weight excluding hydrogens is 144 g/mol. The molecule has 0 unspecified atom stereocenters. The minimum absolute atomic E-state index is 1.05. The fraction of sp³-hybridized carbons (Fsp3) is 0. The Hall–Kier alpha value is -1.56. The number of hydrogen-bond donors (Lipinski definition) is 0. The van der Waals surface area contributed by atoms with Gasteiger partial charge >= 0.3 is 0 Å². The molecule has 0 aliphatic rings. The van der Waals surface area contributed by atoms with Crippen LogP contribution >= 0.6 is 0 Å². The van der Waals surface area contributed by atoms with Gasteiger partial charge in [-0.25, -0.2) is 0 Å². The molecule has 0 saturated carbocycles. The highest BCUT2D eigenvalue weighted by Gasteiger charge is 1.88. The summed E-state index contributed by atoms with van der Waals surface area (Å²) in [4.78, 5) is 0.